The number of alkyl halides is 3. The number of nitrogens with one attached hydrogen (secondary N) is 2. The number of carboxylic acid groups (broad SMARTS) is 1. The van der Waals surface area contributed by atoms with Crippen molar-refractivity contribution in [2.24, 2.45) is 11.3 Å². The number of amides is 3. The average molecular weight is 578 g/mol. The highest BCUT2D eigenvalue weighted by atomic mass is 19.4. The quantitative estimate of drug-likeness (QED) is 0.272. The van der Waals surface area contributed by atoms with Gasteiger partial charge in [-0.15, -0.1) is 13.2 Å². The van der Waals surface area contributed by atoms with Crippen molar-refractivity contribution in [3.8, 4) is 5.75 Å². The van der Waals surface area contributed by atoms with Crippen LogP contribution in [0.5, 0.6) is 5.75 Å². The first-order chi connectivity index (χ1) is 19.3. The van der Waals surface area contributed by atoms with E-state index in [1.807, 2.05) is 0 Å². The first-order valence-corrected chi connectivity index (χ1v) is 13.8. The number of carbonyl (C=O) groups excluding carboxylic acids is 2. The minimum Gasteiger partial charge on any atom is -0.481 e. The van der Waals surface area contributed by atoms with Gasteiger partial charge >= 0.3 is 18.4 Å². The van der Waals surface area contributed by atoms with E-state index in [9.17, 15) is 27.6 Å². The molecule has 0 bridgehead atoms. The molecule has 2 aromatic rings. The molecule has 1 saturated carbocycles. The van der Waals surface area contributed by atoms with Crippen LogP contribution in [0, 0.1) is 11.3 Å². The van der Waals surface area contributed by atoms with Gasteiger partial charge in [0.05, 0.1) is 6.42 Å². The predicted molar refractivity (Wildman–Crippen MR) is 149 cm³/mol. The summed E-state index contributed by atoms with van der Waals surface area (Å²) in [4.78, 5) is 38.2. The summed E-state index contributed by atoms with van der Waals surface area (Å²) < 4.78 is 41.4. The second-order valence-corrected chi connectivity index (χ2v) is 11.1. The molecule has 0 radical (unpaired) electrons. The highest BCUT2D eigenvalue weighted by Gasteiger charge is 2.35. The third-order valence-corrected chi connectivity index (χ3v) is 7.95. The lowest BCUT2D eigenvalue weighted by Gasteiger charge is -2.42. The highest BCUT2D eigenvalue weighted by Crippen LogP contribution is 2.41. The predicted octanol–water partition coefficient (Wildman–Crippen LogP) is 6.82. The highest BCUT2D eigenvalue weighted by molar-refractivity contribution is 5.94. The van der Waals surface area contributed by atoms with E-state index in [2.05, 4.69) is 36.1 Å². The number of hydrogen-bond donors (Lipinski definition) is 3. The van der Waals surface area contributed by atoms with Crippen LogP contribution in [0.1, 0.15) is 75.2 Å². The van der Waals surface area contributed by atoms with Crippen LogP contribution in [0.15, 0.2) is 48.5 Å². The van der Waals surface area contributed by atoms with E-state index in [-0.39, 0.29) is 48.7 Å². The summed E-state index contributed by atoms with van der Waals surface area (Å²) in [6.07, 6.45) is -0.307. The molecule has 0 aromatic heterocycles. The summed E-state index contributed by atoms with van der Waals surface area (Å²) in [5.41, 5.74) is 1.72. The van der Waals surface area contributed by atoms with Crippen LogP contribution in [0.4, 0.5) is 23.7 Å². The van der Waals surface area contributed by atoms with E-state index in [0.717, 1.165) is 49.8 Å². The number of nitrogens with zero attached hydrogens (tertiary/aromatic N) is 1. The number of halogens is 3. The fraction of sp³-hybridized carbons (Fsp3) is 0.500. The van der Waals surface area contributed by atoms with Gasteiger partial charge in [0.25, 0.3) is 5.91 Å². The Morgan fingerprint density at radius 1 is 0.976 bits per heavy atom. The number of carboxylic acids is 1. The second kappa shape index (κ2) is 13.7. The number of benzene rings is 2. The lowest BCUT2D eigenvalue weighted by molar-refractivity contribution is -0.274. The largest absolute Gasteiger partial charge is 0.573 e. The van der Waals surface area contributed by atoms with Crippen molar-refractivity contribution >= 4 is 23.6 Å². The molecule has 0 atom stereocenters. The van der Waals surface area contributed by atoms with E-state index >= 15 is 0 Å². The minimum absolute atomic E-state index is 0.0185. The Kier molecular flexibility index (Phi) is 10.6. The molecule has 0 spiro atoms. The first-order valence-electron chi connectivity index (χ1n) is 13.8. The topological polar surface area (TPSA) is 108 Å². The molecule has 0 saturated heterocycles. The molecule has 0 unspecified atom stereocenters. The lowest BCUT2D eigenvalue weighted by atomic mass is 9.68. The molecule has 224 valence electrons. The van der Waals surface area contributed by atoms with Gasteiger partial charge in [0, 0.05) is 30.4 Å². The third kappa shape index (κ3) is 9.68. The lowest BCUT2D eigenvalue weighted by Crippen LogP contribution is -2.45. The summed E-state index contributed by atoms with van der Waals surface area (Å²) in [6, 6.07) is 11.4. The smallest absolute Gasteiger partial charge is 0.481 e. The molecule has 0 heterocycles. The van der Waals surface area contributed by atoms with Gasteiger partial charge in [0.2, 0.25) is 0 Å². The molecule has 11 heteroatoms. The molecule has 3 N–H and O–H groups in total. The van der Waals surface area contributed by atoms with E-state index in [4.69, 9.17) is 5.11 Å². The summed E-state index contributed by atoms with van der Waals surface area (Å²) in [6.45, 7) is 7.02. The molecule has 0 aliphatic heterocycles. The fourth-order valence-corrected chi connectivity index (χ4v) is 5.10. The van der Waals surface area contributed by atoms with Crippen molar-refractivity contribution in [2.45, 2.75) is 78.2 Å². The van der Waals surface area contributed by atoms with Gasteiger partial charge in [0.15, 0.2) is 0 Å². The molecule has 1 aliphatic carbocycles. The third-order valence-electron chi connectivity index (χ3n) is 7.95. The van der Waals surface area contributed by atoms with Crippen LogP contribution in [0.2, 0.25) is 0 Å². The maximum Gasteiger partial charge on any atom is 0.573 e. The zero-order valence-corrected chi connectivity index (χ0v) is 23.6. The second-order valence-electron chi connectivity index (χ2n) is 11.1. The fourth-order valence-electron chi connectivity index (χ4n) is 5.10. The average Bonchev–Trinajstić information content (AvgIpc) is 2.92. The Labute approximate surface area is 238 Å². The van der Waals surface area contributed by atoms with Crippen LogP contribution in [0.25, 0.3) is 0 Å². The van der Waals surface area contributed by atoms with Crippen molar-refractivity contribution < 1.29 is 37.4 Å². The first kappa shape index (κ1) is 31.8. The van der Waals surface area contributed by atoms with Crippen molar-refractivity contribution in [1.29, 1.82) is 0 Å². The monoisotopic (exact) mass is 577 g/mol. The Morgan fingerprint density at radius 3 is 2.12 bits per heavy atom. The molecule has 41 heavy (non-hydrogen) atoms. The molecular formula is C30H38F3N3O5. The Hall–Kier alpha value is -3.76. The van der Waals surface area contributed by atoms with Gasteiger partial charge < -0.3 is 25.4 Å². The van der Waals surface area contributed by atoms with Crippen molar-refractivity contribution in [1.82, 2.24) is 10.2 Å². The Bertz CT molecular complexity index is 1180. The van der Waals surface area contributed by atoms with E-state index in [0.29, 0.717) is 17.2 Å². The number of rotatable bonds is 11. The van der Waals surface area contributed by atoms with Crippen molar-refractivity contribution in [3.05, 3.63) is 59.7 Å². The Balaban J connectivity index is 1.73. The Morgan fingerprint density at radius 2 is 1.59 bits per heavy atom. The van der Waals surface area contributed by atoms with Crippen LogP contribution in [-0.2, 0) is 11.3 Å². The van der Waals surface area contributed by atoms with E-state index in [1.165, 1.54) is 12.1 Å². The molecule has 3 rings (SSSR count). The molecule has 3 amide bonds. The van der Waals surface area contributed by atoms with Crippen LogP contribution in [-0.4, -0.2) is 46.9 Å². The van der Waals surface area contributed by atoms with Crippen LogP contribution >= 0.6 is 0 Å². The summed E-state index contributed by atoms with van der Waals surface area (Å²) in [5.74, 6) is -1.22. The van der Waals surface area contributed by atoms with E-state index < -0.39 is 12.3 Å². The van der Waals surface area contributed by atoms with Crippen LogP contribution < -0.4 is 15.4 Å². The number of urea groups is 1. The minimum atomic E-state index is -4.80. The molecule has 1 aliphatic rings. The van der Waals surface area contributed by atoms with Gasteiger partial charge in [-0.3, -0.25) is 9.59 Å². The molecule has 2 aromatic carbocycles. The molecule has 1 fully saturated rings. The summed E-state index contributed by atoms with van der Waals surface area (Å²) in [5, 5.41) is 14.1. The number of hydrogen-bond acceptors (Lipinski definition) is 4. The number of anilines is 1. The summed E-state index contributed by atoms with van der Waals surface area (Å²) in [7, 11) is 0. The normalized spacial score (nSPS) is 17.4. The SMILES string of the molecule is CCC(C)(C)C1CCC(N(Cc2ccc(C(=O)NCCC(=O)O)cc2)C(=O)Nc2ccc(OC(F)(F)F)cc2)CC1. The van der Waals surface area contributed by atoms with Crippen LogP contribution in [0.3, 0.4) is 0 Å². The van der Waals surface area contributed by atoms with Gasteiger partial charge in [-0.05, 0) is 79.0 Å². The van der Waals surface area contributed by atoms with Crippen molar-refractivity contribution in [2.75, 3.05) is 11.9 Å². The molecule has 8 nitrogen and oxygen atoms in total. The van der Waals surface area contributed by atoms with Gasteiger partial charge in [-0.1, -0.05) is 39.3 Å². The maximum atomic E-state index is 13.5. The number of aliphatic carboxylic acids is 1. The van der Waals surface area contributed by atoms with Gasteiger partial charge in [-0.25, -0.2) is 4.79 Å². The maximum absolute atomic E-state index is 13.5. The van der Waals surface area contributed by atoms with E-state index in [1.54, 1.807) is 29.2 Å². The van der Waals surface area contributed by atoms with Gasteiger partial charge in [-0.2, -0.15) is 0 Å². The van der Waals surface area contributed by atoms with Gasteiger partial charge in [0.1, 0.15) is 5.75 Å². The standard InChI is InChI=1S/C30H38F3N3O5/c1-4-29(2,3)22-9-13-24(14-10-22)36(28(40)35-23-11-15-25(16-12-23)41-30(31,32)33)19-20-5-7-21(8-6-20)27(39)34-18-17-26(37)38/h5-8,11-12,15-16,22,24H,4,9-10,13-14,17-19H2,1-3H3,(H,34,39)(H,35,40)(H,37,38). The molecular weight excluding hydrogens is 539 g/mol. The van der Waals surface area contributed by atoms with Crippen molar-refractivity contribution in [3.63, 3.8) is 0 Å². The zero-order valence-electron chi connectivity index (χ0n) is 23.6. The number of carbonyl (C=O) groups is 3. The summed E-state index contributed by atoms with van der Waals surface area (Å²) >= 11 is 0. The zero-order chi connectivity index (χ0) is 30.2. The number of ether oxygens (including phenoxy) is 1.